The van der Waals surface area contributed by atoms with E-state index >= 15 is 4.39 Å². The van der Waals surface area contributed by atoms with Crippen molar-refractivity contribution in [3.63, 3.8) is 0 Å². The summed E-state index contributed by atoms with van der Waals surface area (Å²) in [5.74, 6) is -1.06. The largest absolute Gasteiger partial charge is 0.444 e. The first-order chi connectivity index (χ1) is 13.1. The van der Waals surface area contributed by atoms with E-state index in [4.69, 9.17) is 4.74 Å². The molecule has 0 aliphatic carbocycles. The topological polar surface area (TPSA) is 75.7 Å². The van der Waals surface area contributed by atoms with Gasteiger partial charge in [0.15, 0.2) is 0 Å². The van der Waals surface area contributed by atoms with E-state index in [1.807, 2.05) is 32.9 Å². The third-order valence-electron chi connectivity index (χ3n) is 5.30. The molecule has 3 amide bonds. The van der Waals surface area contributed by atoms with Crippen LogP contribution in [0, 0.1) is 0 Å². The van der Waals surface area contributed by atoms with E-state index < -0.39 is 23.1 Å². The molecule has 1 aromatic carbocycles. The molecule has 0 unspecified atom stereocenters. The van der Waals surface area contributed by atoms with Crippen molar-refractivity contribution in [2.75, 3.05) is 13.1 Å². The number of carbonyl (C=O) groups is 3. The van der Waals surface area contributed by atoms with Gasteiger partial charge in [-0.2, -0.15) is 0 Å². The Hall–Kier alpha value is -2.44. The monoisotopic (exact) mass is 390 g/mol. The molecular weight excluding hydrogens is 363 g/mol. The van der Waals surface area contributed by atoms with Crippen LogP contribution in [0.1, 0.15) is 63.5 Å². The summed E-state index contributed by atoms with van der Waals surface area (Å²) in [6, 6.07) is 6.94. The predicted molar refractivity (Wildman–Crippen MR) is 101 cm³/mol. The summed E-state index contributed by atoms with van der Waals surface area (Å²) in [5.41, 5.74) is -1.34. The number of benzene rings is 1. The molecule has 0 aromatic heterocycles. The van der Waals surface area contributed by atoms with Crippen molar-refractivity contribution < 1.29 is 23.5 Å². The fraction of sp³-hybridized carbons (Fsp3) is 0.571. The van der Waals surface area contributed by atoms with Crippen molar-refractivity contribution in [2.24, 2.45) is 0 Å². The molecule has 1 N–H and O–H groups in total. The van der Waals surface area contributed by atoms with E-state index in [0.29, 0.717) is 13.1 Å². The molecule has 2 aliphatic heterocycles. The maximum Gasteiger partial charge on any atom is 0.410 e. The van der Waals surface area contributed by atoms with Crippen molar-refractivity contribution in [3.8, 4) is 0 Å². The zero-order chi connectivity index (χ0) is 20.5. The number of amides is 3. The molecule has 6 nitrogen and oxygen atoms in total. The zero-order valence-corrected chi connectivity index (χ0v) is 16.6. The molecule has 0 spiro atoms. The van der Waals surface area contributed by atoms with E-state index in [9.17, 15) is 14.4 Å². The van der Waals surface area contributed by atoms with Crippen LogP contribution in [-0.4, -0.2) is 41.5 Å². The Morgan fingerprint density at radius 3 is 2.32 bits per heavy atom. The van der Waals surface area contributed by atoms with Gasteiger partial charge in [-0.25, -0.2) is 9.18 Å². The normalized spacial score (nSPS) is 24.1. The number of piperidine rings is 2. The average Bonchev–Trinajstić information content (AvgIpc) is 2.64. The molecule has 2 heterocycles. The quantitative estimate of drug-likeness (QED) is 0.786. The Morgan fingerprint density at radius 2 is 1.79 bits per heavy atom. The van der Waals surface area contributed by atoms with Crippen LogP contribution >= 0.6 is 0 Å². The predicted octanol–water partition coefficient (Wildman–Crippen LogP) is 3.40. The zero-order valence-electron chi connectivity index (χ0n) is 16.6. The van der Waals surface area contributed by atoms with Gasteiger partial charge in [0, 0.05) is 25.9 Å². The molecule has 2 aliphatic rings. The van der Waals surface area contributed by atoms with Gasteiger partial charge >= 0.3 is 6.09 Å². The summed E-state index contributed by atoms with van der Waals surface area (Å²) in [6.45, 7) is 6.76. The Kier molecular flexibility index (Phi) is 5.46. The first kappa shape index (κ1) is 20.3. The number of ether oxygens (including phenoxy) is 1. The Morgan fingerprint density at radius 1 is 1.18 bits per heavy atom. The molecule has 0 bridgehead atoms. The number of imide groups is 1. The van der Waals surface area contributed by atoms with Crippen molar-refractivity contribution >= 4 is 17.9 Å². The number of hydrogen-bond acceptors (Lipinski definition) is 4. The fourth-order valence-corrected chi connectivity index (χ4v) is 3.70. The summed E-state index contributed by atoms with van der Waals surface area (Å²) in [6.07, 6.45) is 1.17. The van der Waals surface area contributed by atoms with Gasteiger partial charge in [0.2, 0.25) is 11.6 Å². The van der Waals surface area contributed by atoms with Crippen LogP contribution < -0.4 is 5.32 Å². The van der Waals surface area contributed by atoms with Gasteiger partial charge in [-0.15, -0.1) is 0 Å². The van der Waals surface area contributed by atoms with Gasteiger partial charge in [-0.3, -0.25) is 14.9 Å². The second-order valence-corrected chi connectivity index (χ2v) is 8.54. The number of alkyl halides is 1. The lowest BCUT2D eigenvalue weighted by Gasteiger charge is -2.34. The van der Waals surface area contributed by atoms with Crippen molar-refractivity contribution in [1.29, 1.82) is 0 Å². The Bertz CT molecular complexity index is 764. The average molecular weight is 390 g/mol. The highest BCUT2D eigenvalue weighted by Crippen LogP contribution is 2.36. The van der Waals surface area contributed by atoms with Crippen LogP contribution in [0.15, 0.2) is 24.3 Å². The van der Waals surface area contributed by atoms with Gasteiger partial charge in [0.1, 0.15) is 5.60 Å². The first-order valence-electron chi connectivity index (χ1n) is 9.70. The van der Waals surface area contributed by atoms with Crippen LogP contribution in [0.4, 0.5) is 9.18 Å². The van der Waals surface area contributed by atoms with Gasteiger partial charge in [-0.1, -0.05) is 24.3 Å². The van der Waals surface area contributed by atoms with Crippen LogP contribution in [-0.2, 0) is 20.0 Å². The SMILES string of the molecule is CC(C)(C)OC(=O)N1CCC(c2ccc([C@]3(F)CCC(=O)NC3=O)cc2)CC1. The molecule has 0 saturated carbocycles. The van der Waals surface area contributed by atoms with Gasteiger partial charge < -0.3 is 9.64 Å². The van der Waals surface area contributed by atoms with Crippen molar-refractivity contribution in [3.05, 3.63) is 35.4 Å². The third-order valence-corrected chi connectivity index (χ3v) is 5.30. The van der Waals surface area contributed by atoms with E-state index in [2.05, 4.69) is 5.32 Å². The lowest BCUT2D eigenvalue weighted by molar-refractivity contribution is -0.144. The second kappa shape index (κ2) is 7.53. The van der Waals surface area contributed by atoms with Crippen molar-refractivity contribution in [2.45, 2.75) is 63.6 Å². The number of nitrogens with zero attached hydrogens (tertiary/aromatic N) is 1. The minimum atomic E-state index is -2.16. The smallest absolute Gasteiger partial charge is 0.410 e. The summed E-state index contributed by atoms with van der Waals surface area (Å²) >= 11 is 0. The molecule has 0 radical (unpaired) electrons. The maximum absolute atomic E-state index is 15.1. The molecule has 1 aromatic rings. The highest BCUT2D eigenvalue weighted by atomic mass is 19.1. The molecule has 152 valence electrons. The van der Waals surface area contributed by atoms with Gasteiger partial charge in [-0.05, 0) is 50.7 Å². The van der Waals surface area contributed by atoms with Gasteiger partial charge in [0.25, 0.3) is 5.91 Å². The highest BCUT2D eigenvalue weighted by molar-refractivity contribution is 6.02. The van der Waals surface area contributed by atoms with E-state index in [1.165, 1.54) is 0 Å². The van der Waals surface area contributed by atoms with Crippen LogP contribution in [0.5, 0.6) is 0 Å². The minimum Gasteiger partial charge on any atom is -0.444 e. The Labute approximate surface area is 164 Å². The summed E-state index contributed by atoms with van der Waals surface area (Å²) in [7, 11) is 0. The standard InChI is InChI=1S/C21H27FN2O4/c1-20(2,3)28-19(27)24-12-9-15(10-13-24)14-4-6-16(7-5-14)21(22)11-8-17(25)23-18(21)26/h4-7,15H,8-13H2,1-3H3,(H,23,25,26)/t21-/m1/s1. The van der Waals surface area contributed by atoms with Crippen LogP contribution in [0.3, 0.4) is 0 Å². The number of halogens is 1. The fourth-order valence-electron chi connectivity index (χ4n) is 3.70. The van der Waals surface area contributed by atoms with E-state index in [1.54, 1.807) is 17.0 Å². The van der Waals surface area contributed by atoms with Crippen LogP contribution in [0.2, 0.25) is 0 Å². The van der Waals surface area contributed by atoms with Gasteiger partial charge in [0.05, 0.1) is 0 Å². The molecule has 28 heavy (non-hydrogen) atoms. The highest BCUT2D eigenvalue weighted by Gasteiger charge is 2.44. The number of nitrogens with one attached hydrogen (secondary N) is 1. The number of carbonyl (C=O) groups excluding carboxylic acids is 3. The lowest BCUT2D eigenvalue weighted by atomic mass is 9.84. The summed E-state index contributed by atoms with van der Waals surface area (Å²) in [5, 5.41) is 2.08. The third kappa shape index (κ3) is 4.34. The summed E-state index contributed by atoms with van der Waals surface area (Å²) in [4.78, 5) is 37.1. The molecule has 3 rings (SSSR count). The number of likely N-dealkylation sites (tertiary alicyclic amines) is 1. The molecular formula is C21H27FN2O4. The first-order valence-corrected chi connectivity index (χ1v) is 9.70. The number of rotatable bonds is 2. The number of hydrogen-bond donors (Lipinski definition) is 1. The second-order valence-electron chi connectivity index (χ2n) is 8.54. The van der Waals surface area contributed by atoms with Crippen LogP contribution in [0.25, 0.3) is 0 Å². The molecule has 2 saturated heterocycles. The molecule has 1 atom stereocenters. The lowest BCUT2D eigenvalue weighted by Crippen LogP contribution is -2.49. The van der Waals surface area contributed by atoms with E-state index in [-0.39, 0.29) is 30.4 Å². The molecule has 2 fully saturated rings. The van der Waals surface area contributed by atoms with Crippen molar-refractivity contribution in [1.82, 2.24) is 10.2 Å². The summed E-state index contributed by atoms with van der Waals surface area (Å²) < 4.78 is 20.5. The minimum absolute atomic E-state index is 0.00683. The maximum atomic E-state index is 15.1. The Balaban J connectivity index is 1.62. The van der Waals surface area contributed by atoms with E-state index in [0.717, 1.165) is 18.4 Å². The molecule has 7 heteroatoms.